The summed E-state index contributed by atoms with van der Waals surface area (Å²) in [6.45, 7) is 0. The van der Waals surface area contributed by atoms with Crippen LogP contribution in [0.4, 0.5) is 11.4 Å². The lowest BCUT2D eigenvalue weighted by atomic mass is 10.2. The molecule has 14 heavy (non-hydrogen) atoms. The first kappa shape index (κ1) is 15.3. The van der Waals surface area contributed by atoms with E-state index in [4.69, 9.17) is 11.5 Å². The number of hydrogen-bond acceptors (Lipinski definition) is 4. The Morgan fingerprint density at radius 1 is 1.21 bits per heavy atom. The van der Waals surface area contributed by atoms with Gasteiger partial charge in [0.1, 0.15) is 0 Å². The van der Waals surface area contributed by atoms with E-state index in [1.807, 2.05) is 0 Å². The van der Waals surface area contributed by atoms with E-state index < -0.39 is 5.97 Å². The molecule has 0 saturated heterocycles. The van der Waals surface area contributed by atoms with Crippen LogP contribution in [0.5, 0.6) is 0 Å². The Morgan fingerprint density at radius 3 is 2.21 bits per heavy atom. The van der Waals surface area contributed by atoms with Crippen molar-refractivity contribution in [3.05, 3.63) is 23.8 Å². The maximum atomic E-state index is 11.0. The quantitative estimate of drug-likeness (QED) is 0.574. The minimum absolute atomic E-state index is 0. The Labute approximate surface area is 94.4 Å². The molecule has 1 aromatic rings. The van der Waals surface area contributed by atoms with Gasteiger partial charge in [0, 0.05) is 0 Å². The number of carbonyl (C=O) groups is 1. The lowest BCUT2D eigenvalue weighted by Gasteiger charge is -2.02. The van der Waals surface area contributed by atoms with Crippen LogP contribution < -0.4 is 11.5 Å². The Morgan fingerprint density at radius 2 is 1.79 bits per heavy atom. The molecule has 0 aromatic heterocycles. The highest BCUT2D eigenvalue weighted by molar-refractivity contribution is 5.91. The van der Waals surface area contributed by atoms with Gasteiger partial charge in [0.25, 0.3) is 0 Å². The van der Waals surface area contributed by atoms with E-state index in [0.717, 1.165) is 0 Å². The molecule has 0 radical (unpaired) electrons. The summed E-state index contributed by atoms with van der Waals surface area (Å²) in [4.78, 5) is 11.0. The van der Waals surface area contributed by atoms with Crippen molar-refractivity contribution in [3.8, 4) is 0 Å². The van der Waals surface area contributed by atoms with Crippen molar-refractivity contribution >= 4 is 42.2 Å². The molecule has 0 aliphatic carbocycles. The Balaban J connectivity index is 0. The summed E-state index contributed by atoms with van der Waals surface area (Å²) in [6.07, 6.45) is 0. The maximum absolute atomic E-state index is 11.0. The van der Waals surface area contributed by atoms with Crippen molar-refractivity contribution in [1.29, 1.82) is 0 Å². The van der Waals surface area contributed by atoms with E-state index >= 15 is 0 Å². The second kappa shape index (κ2) is 6.34. The topological polar surface area (TPSA) is 78.3 Å². The van der Waals surface area contributed by atoms with Crippen LogP contribution in [-0.4, -0.2) is 13.1 Å². The number of methoxy groups -OCH3 is 1. The van der Waals surface area contributed by atoms with E-state index in [-0.39, 0.29) is 24.8 Å². The zero-order valence-electron chi connectivity index (χ0n) is 7.52. The molecule has 4 N–H and O–H groups in total. The molecule has 0 heterocycles. The van der Waals surface area contributed by atoms with Crippen LogP contribution in [0.25, 0.3) is 0 Å². The second-order valence-electron chi connectivity index (χ2n) is 2.34. The summed E-state index contributed by atoms with van der Waals surface area (Å²) in [6, 6.07) is 4.63. The minimum Gasteiger partial charge on any atom is -0.465 e. The number of anilines is 2. The van der Waals surface area contributed by atoms with Gasteiger partial charge in [0.2, 0.25) is 0 Å². The number of nitrogen functional groups attached to an aromatic ring is 2. The smallest absolute Gasteiger partial charge is 0.337 e. The summed E-state index contributed by atoms with van der Waals surface area (Å²) < 4.78 is 4.50. The number of benzene rings is 1. The summed E-state index contributed by atoms with van der Waals surface area (Å²) in [5, 5.41) is 0. The van der Waals surface area contributed by atoms with E-state index in [1.165, 1.54) is 13.2 Å². The van der Waals surface area contributed by atoms with Crippen LogP contribution in [0.15, 0.2) is 18.2 Å². The monoisotopic (exact) mass is 238 g/mol. The number of rotatable bonds is 1. The first-order chi connectivity index (χ1) is 5.65. The van der Waals surface area contributed by atoms with Crippen LogP contribution in [-0.2, 0) is 4.74 Å². The average Bonchev–Trinajstić information content (AvgIpc) is 2.08. The predicted octanol–water partition coefficient (Wildman–Crippen LogP) is 1.48. The highest BCUT2D eigenvalue weighted by Crippen LogP contribution is 2.16. The van der Waals surface area contributed by atoms with Gasteiger partial charge in [0.15, 0.2) is 0 Å². The third-order valence-electron chi connectivity index (χ3n) is 1.51. The summed E-state index contributed by atoms with van der Waals surface area (Å²) in [5.74, 6) is -0.415. The molecule has 0 saturated carbocycles. The van der Waals surface area contributed by atoms with Gasteiger partial charge < -0.3 is 16.2 Å². The SMILES string of the molecule is COC(=O)c1ccc(N)c(N)c1.Cl.Cl. The molecular formula is C8H12Cl2N2O2. The van der Waals surface area contributed by atoms with E-state index in [1.54, 1.807) is 12.1 Å². The van der Waals surface area contributed by atoms with E-state index in [0.29, 0.717) is 16.9 Å². The molecule has 0 fully saturated rings. The highest BCUT2D eigenvalue weighted by atomic mass is 35.5. The van der Waals surface area contributed by atoms with Gasteiger partial charge in [-0.25, -0.2) is 4.79 Å². The molecular weight excluding hydrogens is 227 g/mol. The number of esters is 1. The minimum atomic E-state index is -0.415. The average molecular weight is 239 g/mol. The fourth-order valence-corrected chi connectivity index (χ4v) is 0.820. The van der Waals surface area contributed by atoms with Gasteiger partial charge in [0.05, 0.1) is 24.0 Å². The molecule has 0 aliphatic rings. The number of halogens is 2. The predicted molar refractivity (Wildman–Crippen MR) is 61.1 cm³/mol. The standard InChI is InChI=1S/C8H10N2O2.2ClH/c1-12-8(11)5-2-3-6(9)7(10)4-5;;/h2-4H,9-10H2,1H3;2*1H. The van der Waals surface area contributed by atoms with E-state index in [2.05, 4.69) is 4.74 Å². The van der Waals surface area contributed by atoms with Gasteiger partial charge >= 0.3 is 5.97 Å². The molecule has 1 aromatic carbocycles. The molecule has 0 atom stereocenters. The van der Waals surface area contributed by atoms with Crippen LogP contribution in [0.1, 0.15) is 10.4 Å². The third kappa shape index (κ3) is 3.32. The van der Waals surface area contributed by atoms with Crippen LogP contribution in [0.3, 0.4) is 0 Å². The third-order valence-corrected chi connectivity index (χ3v) is 1.51. The molecule has 0 bridgehead atoms. The van der Waals surface area contributed by atoms with E-state index in [9.17, 15) is 4.79 Å². The molecule has 0 aliphatic heterocycles. The molecule has 0 spiro atoms. The molecule has 6 heteroatoms. The number of hydrogen-bond donors (Lipinski definition) is 2. The summed E-state index contributed by atoms with van der Waals surface area (Å²) >= 11 is 0. The van der Waals surface area contributed by atoms with Crippen molar-refractivity contribution in [2.24, 2.45) is 0 Å². The summed E-state index contributed by atoms with van der Waals surface area (Å²) in [5.41, 5.74) is 12.2. The zero-order chi connectivity index (χ0) is 9.14. The van der Waals surface area contributed by atoms with Crippen molar-refractivity contribution in [3.63, 3.8) is 0 Å². The normalized spacial score (nSPS) is 8.07. The lowest BCUT2D eigenvalue weighted by molar-refractivity contribution is 0.0601. The largest absolute Gasteiger partial charge is 0.465 e. The summed E-state index contributed by atoms with van der Waals surface area (Å²) in [7, 11) is 1.31. The van der Waals surface area contributed by atoms with Crippen molar-refractivity contribution in [2.45, 2.75) is 0 Å². The fraction of sp³-hybridized carbons (Fsp3) is 0.125. The first-order valence-corrected chi connectivity index (χ1v) is 3.38. The second-order valence-corrected chi connectivity index (χ2v) is 2.34. The first-order valence-electron chi connectivity index (χ1n) is 3.38. The van der Waals surface area contributed by atoms with Crippen molar-refractivity contribution in [2.75, 3.05) is 18.6 Å². The van der Waals surface area contributed by atoms with Crippen LogP contribution >= 0.6 is 24.8 Å². The highest BCUT2D eigenvalue weighted by Gasteiger charge is 2.05. The van der Waals surface area contributed by atoms with Crippen LogP contribution in [0, 0.1) is 0 Å². The molecule has 80 valence electrons. The van der Waals surface area contributed by atoms with Gasteiger partial charge in [-0.15, -0.1) is 24.8 Å². The Kier molecular flexibility index (Phi) is 6.95. The van der Waals surface area contributed by atoms with Crippen molar-refractivity contribution in [1.82, 2.24) is 0 Å². The number of nitrogens with two attached hydrogens (primary N) is 2. The Hall–Kier alpha value is -1.13. The maximum Gasteiger partial charge on any atom is 0.337 e. The van der Waals surface area contributed by atoms with Crippen LogP contribution in [0.2, 0.25) is 0 Å². The Bertz CT molecular complexity index is 318. The number of carbonyl (C=O) groups excluding carboxylic acids is 1. The van der Waals surface area contributed by atoms with Gasteiger partial charge in [-0.05, 0) is 18.2 Å². The van der Waals surface area contributed by atoms with Gasteiger partial charge in [-0.2, -0.15) is 0 Å². The van der Waals surface area contributed by atoms with Gasteiger partial charge in [-0.1, -0.05) is 0 Å². The molecule has 0 amide bonds. The molecule has 1 rings (SSSR count). The van der Waals surface area contributed by atoms with Gasteiger partial charge in [-0.3, -0.25) is 0 Å². The lowest BCUT2D eigenvalue weighted by Crippen LogP contribution is -2.03. The fourth-order valence-electron chi connectivity index (χ4n) is 0.820. The molecule has 0 unspecified atom stereocenters. The van der Waals surface area contributed by atoms with Crippen molar-refractivity contribution < 1.29 is 9.53 Å². The molecule has 4 nitrogen and oxygen atoms in total. The zero-order valence-corrected chi connectivity index (χ0v) is 9.15. The number of ether oxygens (including phenoxy) is 1.